The number of carbonyl (C=O) groups is 1. The summed E-state index contributed by atoms with van der Waals surface area (Å²) >= 11 is 6.32. The minimum absolute atomic E-state index is 0.146. The molecule has 0 aromatic heterocycles. The molecule has 0 aliphatic rings. The molecule has 166 valence electrons. The molecule has 0 spiro atoms. The number of likely N-dealkylation sites (N-methyl/N-ethyl adjacent to an activating group) is 1. The number of nitrogens with zero attached hydrogens (tertiary/aromatic N) is 1. The Kier molecular flexibility index (Phi) is 8.09. The molecular weight excluding hydrogens is 422 g/mol. The van der Waals surface area contributed by atoms with Gasteiger partial charge >= 0.3 is 0 Å². The van der Waals surface area contributed by atoms with Gasteiger partial charge in [0.15, 0.2) is 5.78 Å². The highest BCUT2D eigenvalue weighted by molar-refractivity contribution is 6.32. The standard InChI is InChI=1S/C27H28ClNO3/c1-19-7-5-6-8-23(19)21-11-14-27(32-16-15-29(2)3)24(17-21)26(30)13-10-20-9-12-22(31-4)18-25(20)28/h5-14,17-18H,15-16H2,1-4H3/b13-10+. The van der Waals surface area contributed by atoms with Crippen LogP contribution in [0.5, 0.6) is 11.5 Å². The molecule has 32 heavy (non-hydrogen) atoms. The number of aryl methyl sites for hydroxylation is 1. The molecule has 0 bridgehead atoms. The number of ether oxygens (including phenoxy) is 2. The SMILES string of the molecule is COc1ccc(/C=C/C(=O)c2cc(-c3ccccc3C)ccc2OCCN(C)C)c(Cl)c1. The molecule has 0 heterocycles. The van der Waals surface area contributed by atoms with Crippen molar-refractivity contribution in [3.63, 3.8) is 0 Å². The summed E-state index contributed by atoms with van der Waals surface area (Å²) in [5.41, 5.74) is 4.47. The number of hydrogen-bond donors (Lipinski definition) is 0. The summed E-state index contributed by atoms with van der Waals surface area (Å²) in [6.07, 6.45) is 3.25. The van der Waals surface area contributed by atoms with Crippen LogP contribution in [0.3, 0.4) is 0 Å². The third-order valence-electron chi connectivity index (χ3n) is 5.12. The van der Waals surface area contributed by atoms with Crippen LogP contribution in [-0.4, -0.2) is 45.0 Å². The maximum Gasteiger partial charge on any atom is 0.189 e. The molecule has 3 aromatic rings. The topological polar surface area (TPSA) is 38.8 Å². The summed E-state index contributed by atoms with van der Waals surface area (Å²) in [4.78, 5) is 15.2. The summed E-state index contributed by atoms with van der Waals surface area (Å²) in [5.74, 6) is 1.09. The summed E-state index contributed by atoms with van der Waals surface area (Å²) in [6, 6.07) is 19.2. The van der Waals surface area contributed by atoms with Crippen LogP contribution in [0.25, 0.3) is 17.2 Å². The van der Waals surface area contributed by atoms with E-state index < -0.39 is 0 Å². The number of allylic oxidation sites excluding steroid dienone is 1. The molecule has 0 saturated heterocycles. The van der Waals surface area contributed by atoms with Crippen molar-refractivity contribution in [1.82, 2.24) is 4.90 Å². The molecule has 4 nitrogen and oxygen atoms in total. The average molecular weight is 450 g/mol. The Morgan fingerprint density at radius 3 is 2.53 bits per heavy atom. The zero-order valence-corrected chi connectivity index (χ0v) is 19.6. The fraction of sp³-hybridized carbons (Fsp3) is 0.222. The van der Waals surface area contributed by atoms with E-state index in [9.17, 15) is 4.79 Å². The van der Waals surface area contributed by atoms with E-state index in [1.165, 1.54) is 6.08 Å². The second kappa shape index (κ2) is 11.0. The molecule has 0 saturated carbocycles. The van der Waals surface area contributed by atoms with Crippen LogP contribution in [0, 0.1) is 6.92 Å². The Bertz CT molecular complexity index is 1120. The van der Waals surface area contributed by atoms with Gasteiger partial charge in [-0.2, -0.15) is 0 Å². The second-order valence-electron chi connectivity index (χ2n) is 7.76. The van der Waals surface area contributed by atoms with Crippen molar-refractivity contribution in [2.75, 3.05) is 34.4 Å². The van der Waals surface area contributed by atoms with E-state index in [1.807, 2.05) is 61.5 Å². The molecule has 3 rings (SSSR count). The maximum atomic E-state index is 13.2. The lowest BCUT2D eigenvalue weighted by Crippen LogP contribution is -2.20. The van der Waals surface area contributed by atoms with Crippen molar-refractivity contribution in [3.8, 4) is 22.6 Å². The highest BCUT2D eigenvalue weighted by Crippen LogP contribution is 2.30. The largest absolute Gasteiger partial charge is 0.497 e. The first-order chi connectivity index (χ1) is 15.4. The molecule has 0 radical (unpaired) electrons. The summed E-state index contributed by atoms with van der Waals surface area (Å²) < 4.78 is 11.1. The zero-order valence-electron chi connectivity index (χ0n) is 18.9. The van der Waals surface area contributed by atoms with Gasteiger partial charge in [0, 0.05) is 6.54 Å². The number of benzene rings is 3. The maximum absolute atomic E-state index is 13.2. The Hall–Kier alpha value is -3.08. The normalized spacial score (nSPS) is 11.2. The zero-order chi connectivity index (χ0) is 23.1. The van der Waals surface area contributed by atoms with Crippen molar-refractivity contribution in [3.05, 3.63) is 88.5 Å². The first-order valence-corrected chi connectivity index (χ1v) is 10.8. The minimum Gasteiger partial charge on any atom is -0.497 e. The second-order valence-corrected chi connectivity index (χ2v) is 8.17. The van der Waals surface area contributed by atoms with Crippen LogP contribution in [0.2, 0.25) is 5.02 Å². The lowest BCUT2D eigenvalue weighted by molar-refractivity contribution is 0.104. The third-order valence-corrected chi connectivity index (χ3v) is 5.45. The lowest BCUT2D eigenvalue weighted by Gasteiger charge is -2.15. The van der Waals surface area contributed by atoms with Crippen LogP contribution in [0.15, 0.2) is 66.7 Å². The molecule has 0 atom stereocenters. The van der Waals surface area contributed by atoms with Crippen LogP contribution in [-0.2, 0) is 0 Å². The number of carbonyl (C=O) groups excluding carboxylic acids is 1. The first-order valence-electron chi connectivity index (χ1n) is 10.4. The Balaban J connectivity index is 1.94. The molecule has 0 amide bonds. The molecular formula is C27H28ClNO3. The fourth-order valence-corrected chi connectivity index (χ4v) is 3.51. The van der Waals surface area contributed by atoms with Crippen molar-refractivity contribution in [2.24, 2.45) is 0 Å². The van der Waals surface area contributed by atoms with Crippen LogP contribution in [0.1, 0.15) is 21.5 Å². The number of halogens is 1. The molecule has 0 aliphatic heterocycles. The van der Waals surface area contributed by atoms with Gasteiger partial charge in [-0.3, -0.25) is 4.79 Å². The highest BCUT2D eigenvalue weighted by Gasteiger charge is 2.14. The monoisotopic (exact) mass is 449 g/mol. The van der Waals surface area contributed by atoms with Gasteiger partial charge in [0.1, 0.15) is 18.1 Å². The molecule has 5 heteroatoms. The van der Waals surface area contributed by atoms with Gasteiger partial charge in [-0.05, 0) is 85.8 Å². The predicted molar refractivity (Wildman–Crippen MR) is 132 cm³/mol. The summed E-state index contributed by atoms with van der Waals surface area (Å²) in [7, 11) is 5.56. The average Bonchev–Trinajstić information content (AvgIpc) is 2.78. The van der Waals surface area contributed by atoms with E-state index in [0.717, 1.165) is 28.8 Å². The van der Waals surface area contributed by atoms with Crippen molar-refractivity contribution >= 4 is 23.5 Å². The number of methoxy groups -OCH3 is 1. The van der Waals surface area contributed by atoms with Crippen LogP contribution in [0.4, 0.5) is 0 Å². The number of hydrogen-bond acceptors (Lipinski definition) is 4. The van der Waals surface area contributed by atoms with E-state index in [0.29, 0.717) is 28.7 Å². The lowest BCUT2D eigenvalue weighted by atomic mass is 9.97. The Morgan fingerprint density at radius 1 is 1.06 bits per heavy atom. The Labute approximate surface area is 195 Å². The van der Waals surface area contributed by atoms with E-state index in [2.05, 4.69) is 19.1 Å². The van der Waals surface area contributed by atoms with E-state index in [1.54, 1.807) is 19.3 Å². The van der Waals surface area contributed by atoms with Gasteiger partial charge in [0.05, 0.1) is 17.7 Å². The van der Waals surface area contributed by atoms with Gasteiger partial charge in [0.25, 0.3) is 0 Å². The summed E-state index contributed by atoms with van der Waals surface area (Å²) in [6.45, 7) is 3.30. The van der Waals surface area contributed by atoms with Crippen LogP contribution < -0.4 is 9.47 Å². The van der Waals surface area contributed by atoms with E-state index >= 15 is 0 Å². The first kappa shape index (κ1) is 23.6. The fourth-order valence-electron chi connectivity index (χ4n) is 3.28. The molecule has 0 fully saturated rings. The number of rotatable bonds is 9. The van der Waals surface area contributed by atoms with Crippen molar-refractivity contribution in [1.29, 1.82) is 0 Å². The van der Waals surface area contributed by atoms with Gasteiger partial charge in [-0.1, -0.05) is 41.9 Å². The van der Waals surface area contributed by atoms with E-state index in [4.69, 9.17) is 21.1 Å². The summed E-state index contributed by atoms with van der Waals surface area (Å²) in [5, 5.41) is 0.518. The Morgan fingerprint density at radius 2 is 1.84 bits per heavy atom. The molecule has 0 aliphatic carbocycles. The van der Waals surface area contributed by atoms with Gasteiger partial charge in [0.2, 0.25) is 0 Å². The number of ketones is 1. The highest BCUT2D eigenvalue weighted by atomic mass is 35.5. The van der Waals surface area contributed by atoms with Crippen molar-refractivity contribution in [2.45, 2.75) is 6.92 Å². The van der Waals surface area contributed by atoms with Gasteiger partial charge < -0.3 is 14.4 Å². The van der Waals surface area contributed by atoms with Crippen LogP contribution >= 0.6 is 11.6 Å². The minimum atomic E-state index is -0.146. The molecule has 3 aromatic carbocycles. The molecule has 0 N–H and O–H groups in total. The van der Waals surface area contributed by atoms with Crippen molar-refractivity contribution < 1.29 is 14.3 Å². The quantitative estimate of drug-likeness (QED) is 0.289. The predicted octanol–water partition coefficient (Wildman–Crippen LogP) is 6.16. The van der Waals surface area contributed by atoms with Gasteiger partial charge in [-0.25, -0.2) is 0 Å². The molecule has 0 unspecified atom stereocenters. The van der Waals surface area contributed by atoms with E-state index in [-0.39, 0.29) is 5.78 Å². The van der Waals surface area contributed by atoms with Gasteiger partial charge in [-0.15, -0.1) is 0 Å². The third kappa shape index (κ3) is 6.00. The smallest absolute Gasteiger partial charge is 0.189 e.